The molecule has 1 aliphatic rings. The molecule has 0 aliphatic carbocycles. The molecule has 1 aliphatic heterocycles. The summed E-state index contributed by atoms with van der Waals surface area (Å²) in [4.78, 5) is 22.7. The van der Waals surface area contributed by atoms with Crippen molar-refractivity contribution in [3.63, 3.8) is 0 Å². The predicted octanol–water partition coefficient (Wildman–Crippen LogP) is 2.49. The summed E-state index contributed by atoms with van der Waals surface area (Å²) >= 11 is 0. The summed E-state index contributed by atoms with van der Waals surface area (Å²) in [5.41, 5.74) is 4.02. The van der Waals surface area contributed by atoms with E-state index in [1.165, 1.54) is 16.8 Å². The largest absolute Gasteiger partial charge is 0.368 e. The quantitative estimate of drug-likeness (QED) is 0.394. The molecule has 27 heavy (non-hydrogen) atoms. The summed E-state index contributed by atoms with van der Waals surface area (Å²) < 4.78 is 0. The average Bonchev–Trinajstić information content (AvgIpc) is 2.64. The van der Waals surface area contributed by atoms with Crippen molar-refractivity contribution in [1.82, 2.24) is 15.1 Å². The maximum absolute atomic E-state index is 11.9. The van der Waals surface area contributed by atoms with E-state index in [4.69, 9.17) is 0 Å². The first-order chi connectivity index (χ1) is 12.4. The molecule has 1 aromatic rings. The first-order valence-corrected chi connectivity index (χ1v) is 9.48. The number of nitrogens with zero attached hydrogens (tertiary/aromatic N) is 4. The fourth-order valence-corrected chi connectivity index (χ4v) is 3.03. The number of nitrogens with one attached hydrogen (secondary N) is 1. The molecule has 0 atom stereocenters. The fourth-order valence-electron chi connectivity index (χ4n) is 3.03. The van der Waals surface area contributed by atoms with Crippen LogP contribution in [0, 0.1) is 13.8 Å². The minimum Gasteiger partial charge on any atom is -0.368 e. The van der Waals surface area contributed by atoms with Crippen LogP contribution in [0.4, 0.5) is 5.69 Å². The monoisotopic (exact) mass is 487 g/mol. The number of guanidine groups is 1. The average molecular weight is 487 g/mol. The molecule has 0 saturated carbocycles. The zero-order valence-electron chi connectivity index (χ0n) is 17.3. The van der Waals surface area contributed by atoms with Gasteiger partial charge in [-0.2, -0.15) is 0 Å². The van der Waals surface area contributed by atoms with Gasteiger partial charge in [-0.15, -0.1) is 24.0 Å². The van der Waals surface area contributed by atoms with Gasteiger partial charge < -0.3 is 20.0 Å². The molecular weight excluding hydrogens is 453 g/mol. The Bertz CT molecular complexity index is 639. The van der Waals surface area contributed by atoms with Crippen LogP contribution in [0.1, 0.15) is 24.5 Å². The maximum atomic E-state index is 11.9. The Morgan fingerprint density at radius 1 is 1.19 bits per heavy atom. The van der Waals surface area contributed by atoms with Crippen molar-refractivity contribution < 1.29 is 4.79 Å². The summed E-state index contributed by atoms with van der Waals surface area (Å²) in [5.74, 6) is 0.873. The van der Waals surface area contributed by atoms with Gasteiger partial charge in [0.1, 0.15) is 6.54 Å². The third-order valence-electron chi connectivity index (χ3n) is 4.89. The van der Waals surface area contributed by atoms with E-state index in [1.54, 1.807) is 19.0 Å². The van der Waals surface area contributed by atoms with Crippen molar-refractivity contribution in [3.05, 3.63) is 29.3 Å². The molecular formula is C20H34IN5O. The molecule has 0 aromatic heterocycles. The highest BCUT2D eigenvalue weighted by Crippen LogP contribution is 2.23. The number of hydrogen-bond acceptors (Lipinski definition) is 3. The highest BCUT2D eigenvalue weighted by atomic mass is 127. The van der Waals surface area contributed by atoms with Crippen LogP contribution in [0.15, 0.2) is 23.2 Å². The van der Waals surface area contributed by atoms with Crippen LogP contribution in [0.3, 0.4) is 0 Å². The van der Waals surface area contributed by atoms with E-state index in [1.807, 2.05) is 0 Å². The summed E-state index contributed by atoms with van der Waals surface area (Å²) in [6, 6.07) is 6.50. The Labute approximate surface area is 181 Å². The summed E-state index contributed by atoms with van der Waals surface area (Å²) in [7, 11) is 3.53. The summed E-state index contributed by atoms with van der Waals surface area (Å²) in [6.07, 6.45) is 1.03. The molecule has 1 heterocycles. The fraction of sp³-hybridized carbons (Fsp3) is 0.600. The number of benzene rings is 1. The number of anilines is 1. The number of aryl methyl sites for hydroxylation is 1. The molecule has 2 rings (SSSR count). The molecule has 0 spiro atoms. The minimum atomic E-state index is 0. The highest BCUT2D eigenvalue weighted by molar-refractivity contribution is 14.0. The Morgan fingerprint density at radius 3 is 2.44 bits per heavy atom. The second-order valence-corrected chi connectivity index (χ2v) is 7.05. The molecule has 152 valence electrons. The number of carbonyl (C=O) groups excluding carboxylic acids is 1. The van der Waals surface area contributed by atoms with Gasteiger partial charge in [0.05, 0.1) is 0 Å². The second kappa shape index (κ2) is 11.4. The lowest BCUT2D eigenvalue weighted by Crippen LogP contribution is -2.53. The Hall–Kier alpha value is -1.51. The number of hydrogen-bond donors (Lipinski definition) is 1. The first-order valence-electron chi connectivity index (χ1n) is 9.48. The molecule has 7 heteroatoms. The van der Waals surface area contributed by atoms with Crippen LogP contribution in [-0.4, -0.2) is 75.0 Å². The Balaban J connectivity index is 0.00000364. The lowest BCUT2D eigenvalue weighted by atomic mass is 10.1. The smallest absolute Gasteiger partial charge is 0.243 e. The van der Waals surface area contributed by atoms with Gasteiger partial charge in [-0.05, 0) is 37.5 Å². The van der Waals surface area contributed by atoms with Gasteiger partial charge >= 0.3 is 0 Å². The van der Waals surface area contributed by atoms with Crippen molar-refractivity contribution in [1.29, 1.82) is 0 Å². The molecule has 0 unspecified atom stereocenters. The van der Waals surface area contributed by atoms with E-state index in [2.05, 4.69) is 59.1 Å². The number of carbonyl (C=O) groups is 1. The normalized spacial score (nSPS) is 14.6. The molecule has 1 saturated heterocycles. The SMILES string of the molecule is CCCNC(=NCC(=O)N(C)C)N1CCN(c2cccc(C)c2C)CC1.I. The van der Waals surface area contributed by atoms with E-state index in [0.717, 1.165) is 45.1 Å². The third kappa shape index (κ3) is 6.55. The Kier molecular flexibility index (Phi) is 9.90. The van der Waals surface area contributed by atoms with Gasteiger partial charge in [-0.25, -0.2) is 4.99 Å². The van der Waals surface area contributed by atoms with Gasteiger partial charge in [-0.3, -0.25) is 4.79 Å². The third-order valence-corrected chi connectivity index (χ3v) is 4.89. The molecule has 1 fully saturated rings. The zero-order chi connectivity index (χ0) is 19.1. The number of likely N-dealkylation sites (N-methyl/N-ethyl adjacent to an activating group) is 1. The molecule has 0 bridgehead atoms. The van der Waals surface area contributed by atoms with E-state index in [-0.39, 0.29) is 36.4 Å². The van der Waals surface area contributed by atoms with Crippen LogP contribution < -0.4 is 10.2 Å². The van der Waals surface area contributed by atoms with Crippen LogP contribution in [0.2, 0.25) is 0 Å². The van der Waals surface area contributed by atoms with Crippen molar-refractivity contribution in [2.24, 2.45) is 4.99 Å². The Morgan fingerprint density at radius 2 is 1.85 bits per heavy atom. The first kappa shape index (κ1) is 23.5. The minimum absolute atomic E-state index is 0. The van der Waals surface area contributed by atoms with Crippen LogP contribution in [0.5, 0.6) is 0 Å². The van der Waals surface area contributed by atoms with Gasteiger partial charge in [0.15, 0.2) is 5.96 Å². The standard InChI is InChI=1S/C20H33N5O.HI/c1-6-10-21-20(22-15-19(26)23(4)5)25-13-11-24(12-14-25)18-9-7-8-16(2)17(18)3;/h7-9H,6,10-15H2,1-5H3,(H,21,22);1H. The molecule has 1 aromatic carbocycles. The van der Waals surface area contributed by atoms with Crippen molar-refractivity contribution in [3.8, 4) is 0 Å². The van der Waals surface area contributed by atoms with Crippen LogP contribution >= 0.6 is 24.0 Å². The van der Waals surface area contributed by atoms with E-state index in [9.17, 15) is 4.79 Å². The van der Waals surface area contributed by atoms with Crippen LogP contribution in [-0.2, 0) is 4.79 Å². The van der Waals surface area contributed by atoms with Crippen molar-refractivity contribution in [2.45, 2.75) is 27.2 Å². The van der Waals surface area contributed by atoms with E-state index >= 15 is 0 Å². The van der Waals surface area contributed by atoms with E-state index in [0.29, 0.717) is 0 Å². The maximum Gasteiger partial charge on any atom is 0.243 e. The lowest BCUT2D eigenvalue weighted by molar-refractivity contribution is -0.127. The van der Waals surface area contributed by atoms with Gasteiger partial charge in [0.2, 0.25) is 5.91 Å². The van der Waals surface area contributed by atoms with E-state index < -0.39 is 0 Å². The van der Waals surface area contributed by atoms with Gasteiger partial charge in [0, 0.05) is 52.5 Å². The van der Waals surface area contributed by atoms with Crippen LogP contribution in [0.25, 0.3) is 0 Å². The van der Waals surface area contributed by atoms with Gasteiger partial charge in [0.25, 0.3) is 0 Å². The topological polar surface area (TPSA) is 51.2 Å². The number of aliphatic imine (C=N–C) groups is 1. The lowest BCUT2D eigenvalue weighted by Gasteiger charge is -2.38. The summed E-state index contributed by atoms with van der Waals surface area (Å²) in [5, 5.41) is 3.40. The molecule has 1 amide bonds. The van der Waals surface area contributed by atoms with Crippen molar-refractivity contribution in [2.75, 3.05) is 58.3 Å². The molecule has 6 nitrogen and oxygen atoms in total. The number of piperazine rings is 1. The number of amides is 1. The van der Waals surface area contributed by atoms with Crippen molar-refractivity contribution >= 4 is 41.5 Å². The molecule has 0 radical (unpaired) electrons. The number of rotatable bonds is 5. The van der Waals surface area contributed by atoms with Gasteiger partial charge in [-0.1, -0.05) is 19.1 Å². The molecule has 1 N–H and O–H groups in total. The second-order valence-electron chi connectivity index (χ2n) is 7.05. The highest BCUT2D eigenvalue weighted by Gasteiger charge is 2.21. The number of halogens is 1. The zero-order valence-corrected chi connectivity index (χ0v) is 19.6. The summed E-state index contributed by atoms with van der Waals surface area (Å²) in [6.45, 7) is 11.3. The predicted molar refractivity (Wildman–Crippen MR) is 124 cm³/mol.